The van der Waals surface area contributed by atoms with Gasteiger partial charge in [-0.1, -0.05) is 6.92 Å². The molecule has 7 nitrogen and oxygen atoms in total. The van der Waals surface area contributed by atoms with Gasteiger partial charge in [-0.2, -0.15) is 5.10 Å². The van der Waals surface area contributed by atoms with E-state index in [1.807, 2.05) is 25.1 Å². The van der Waals surface area contributed by atoms with Crippen LogP contribution in [0.3, 0.4) is 0 Å². The van der Waals surface area contributed by atoms with Crippen LogP contribution >= 0.6 is 0 Å². The van der Waals surface area contributed by atoms with Crippen molar-refractivity contribution in [1.29, 1.82) is 0 Å². The molecule has 4 rings (SSSR count). The van der Waals surface area contributed by atoms with Gasteiger partial charge in [0, 0.05) is 36.3 Å². The normalized spacial score (nSPS) is 19.4. The van der Waals surface area contributed by atoms with E-state index in [2.05, 4.69) is 22.3 Å². The molecule has 0 saturated heterocycles. The molecule has 152 valence electrons. The monoisotopic (exact) mass is 393 g/mol. The molecule has 3 aromatic heterocycles. The summed E-state index contributed by atoms with van der Waals surface area (Å²) in [6.07, 6.45) is 10.3. The summed E-state index contributed by atoms with van der Waals surface area (Å²) < 4.78 is 7.56. The maximum Gasteiger partial charge on any atom is 0.256 e. The van der Waals surface area contributed by atoms with Crippen LogP contribution in [0.1, 0.15) is 55.1 Å². The summed E-state index contributed by atoms with van der Waals surface area (Å²) in [6.45, 7) is 4.90. The molecule has 1 N–H and O–H groups in total. The first-order chi connectivity index (χ1) is 14.2. The molecule has 3 heterocycles. The molecule has 29 heavy (non-hydrogen) atoms. The van der Waals surface area contributed by atoms with Crippen LogP contribution in [0.2, 0.25) is 0 Å². The second-order valence-corrected chi connectivity index (χ2v) is 7.64. The minimum atomic E-state index is -0.117. The quantitative estimate of drug-likeness (QED) is 0.692. The number of rotatable bonds is 6. The van der Waals surface area contributed by atoms with Crippen LogP contribution in [0.15, 0.2) is 36.8 Å². The Hall–Kier alpha value is -2.80. The van der Waals surface area contributed by atoms with E-state index in [0.717, 1.165) is 55.7 Å². The lowest BCUT2D eigenvalue weighted by molar-refractivity contribution is 0.0227. The van der Waals surface area contributed by atoms with Crippen molar-refractivity contribution in [3.63, 3.8) is 0 Å². The van der Waals surface area contributed by atoms with Gasteiger partial charge in [-0.15, -0.1) is 0 Å². The Labute approximate surface area is 170 Å². The second-order valence-electron chi connectivity index (χ2n) is 7.64. The van der Waals surface area contributed by atoms with Crippen molar-refractivity contribution in [2.75, 3.05) is 6.61 Å². The number of carbonyl (C=O) groups is 1. The van der Waals surface area contributed by atoms with E-state index >= 15 is 0 Å². The molecule has 0 aliphatic heterocycles. The van der Waals surface area contributed by atoms with Gasteiger partial charge in [0.05, 0.1) is 18.0 Å². The molecule has 0 radical (unpaired) electrons. The van der Waals surface area contributed by atoms with Crippen LogP contribution in [0.25, 0.3) is 16.9 Å². The van der Waals surface area contributed by atoms with Gasteiger partial charge in [-0.25, -0.2) is 9.50 Å². The highest BCUT2D eigenvalue weighted by molar-refractivity contribution is 6.00. The van der Waals surface area contributed by atoms with E-state index in [4.69, 9.17) is 9.72 Å². The molecule has 1 aliphatic carbocycles. The van der Waals surface area contributed by atoms with Crippen molar-refractivity contribution in [2.45, 2.75) is 58.1 Å². The first-order valence-corrected chi connectivity index (χ1v) is 10.3. The van der Waals surface area contributed by atoms with Gasteiger partial charge in [0.25, 0.3) is 5.91 Å². The molecule has 1 aliphatic rings. The number of aromatic nitrogens is 4. The zero-order valence-electron chi connectivity index (χ0n) is 17.0. The predicted molar refractivity (Wildman–Crippen MR) is 111 cm³/mol. The topological polar surface area (TPSA) is 81.4 Å². The number of nitrogens with one attached hydrogen (secondary N) is 1. The van der Waals surface area contributed by atoms with Crippen molar-refractivity contribution in [1.82, 2.24) is 24.9 Å². The lowest BCUT2D eigenvalue weighted by atomic mass is 9.93. The molecule has 0 spiro atoms. The third kappa shape index (κ3) is 4.29. The van der Waals surface area contributed by atoms with Crippen LogP contribution in [0.5, 0.6) is 0 Å². The van der Waals surface area contributed by atoms with Crippen molar-refractivity contribution >= 4 is 11.6 Å². The van der Waals surface area contributed by atoms with Crippen molar-refractivity contribution in [2.24, 2.45) is 0 Å². The molecule has 0 aromatic carbocycles. The van der Waals surface area contributed by atoms with Gasteiger partial charge in [-0.3, -0.25) is 9.78 Å². The number of hydrogen-bond acceptors (Lipinski definition) is 5. The number of pyridine rings is 1. The fourth-order valence-corrected chi connectivity index (χ4v) is 3.86. The highest BCUT2D eigenvalue weighted by atomic mass is 16.5. The number of carbonyl (C=O) groups excluding carboxylic acids is 1. The highest BCUT2D eigenvalue weighted by Crippen LogP contribution is 2.23. The van der Waals surface area contributed by atoms with Gasteiger partial charge in [0.1, 0.15) is 5.56 Å². The summed E-state index contributed by atoms with van der Waals surface area (Å²) in [7, 11) is 0. The number of hydrogen-bond donors (Lipinski definition) is 1. The molecule has 7 heteroatoms. The third-order valence-corrected chi connectivity index (χ3v) is 5.42. The maximum atomic E-state index is 13.0. The van der Waals surface area contributed by atoms with E-state index in [0.29, 0.717) is 17.3 Å². The number of aryl methyl sites for hydroxylation is 1. The molecule has 3 aromatic rings. The Kier molecular flexibility index (Phi) is 5.85. The highest BCUT2D eigenvalue weighted by Gasteiger charge is 2.25. The smallest absolute Gasteiger partial charge is 0.256 e. The van der Waals surface area contributed by atoms with E-state index in [-0.39, 0.29) is 11.9 Å². The fraction of sp³-hybridized carbons (Fsp3) is 0.455. The van der Waals surface area contributed by atoms with Gasteiger partial charge in [-0.05, 0) is 57.2 Å². The van der Waals surface area contributed by atoms with Crippen molar-refractivity contribution < 1.29 is 9.53 Å². The average Bonchev–Trinajstić information content (AvgIpc) is 3.19. The molecule has 1 fully saturated rings. The third-order valence-electron chi connectivity index (χ3n) is 5.42. The van der Waals surface area contributed by atoms with Crippen LogP contribution in [0.4, 0.5) is 0 Å². The second kappa shape index (κ2) is 8.69. The molecule has 0 unspecified atom stereocenters. The predicted octanol–water partition coefficient (Wildman–Crippen LogP) is 3.57. The Bertz CT molecular complexity index is 978. The summed E-state index contributed by atoms with van der Waals surface area (Å²) in [5.41, 5.74) is 3.69. The Balaban J connectivity index is 1.50. The Morgan fingerprint density at radius 1 is 1.28 bits per heavy atom. The van der Waals surface area contributed by atoms with Crippen LogP contribution < -0.4 is 5.32 Å². The summed E-state index contributed by atoms with van der Waals surface area (Å²) in [6, 6.07) is 5.96. The van der Waals surface area contributed by atoms with Crippen molar-refractivity contribution in [3.8, 4) is 11.3 Å². The van der Waals surface area contributed by atoms with E-state index < -0.39 is 0 Å². The van der Waals surface area contributed by atoms with Crippen LogP contribution in [-0.2, 0) is 4.74 Å². The molecule has 0 bridgehead atoms. The number of nitrogens with zero attached hydrogens (tertiary/aromatic N) is 4. The van der Waals surface area contributed by atoms with E-state index in [9.17, 15) is 4.79 Å². The Morgan fingerprint density at radius 2 is 2.10 bits per heavy atom. The fourth-order valence-electron chi connectivity index (χ4n) is 3.86. The minimum Gasteiger partial charge on any atom is -0.378 e. The van der Waals surface area contributed by atoms with E-state index in [1.54, 1.807) is 23.1 Å². The number of ether oxygens (including phenoxy) is 1. The van der Waals surface area contributed by atoms with Crippen LogP contribution in [0, 0.1) is 6.92 Å². The van der Waals surface area contributed by atoms with Gasteiger partial charge in [0.15, 0.2) is 5.65 Å². The van der Waals surface area contributed by atoms with Gasteiger partial charge < -0.3 is 10.1 Å². The Morgan fingerprint density at radius 3 is 2.83 bits per heavy atom. The molecular formula is C22H27N5O2. The van der Waals surface area contributed by atoms with Gasteiger partial charge >= 0.3 is 0 Å². The van der Waals surface area contributed by atoms with Gasteiger partial charge in [0.2, 0.25) is 0 Å². The summed E-state index contributed by atoms with van der Waals surface area (Å²) in [5, 5.41) is 7.54. The first kappa shape index (κ1) is 19.5. The minimum absolute atomic E-state index is 0.117. The van der Waals surface area contributed by atoms with E-state index in [1.165, 1.54) is 0 Å². The zero-order valence-corrected chi connectivity index (χ0v) is 17.0. The number of amides is 1. The molecular weight excluding hydrogens is 366 g/mol. The standard InChI is InChI=1S/C22H27N5O2/c1-3-11-29-18-8-6-17(7-9-18)25-22(28)19-14-24-27-15(2)12-20(26-21(19)27)16-5-4-10-23-13-16/h4-5,10,12-14,17-18H,3,6-9,11H2,1-2H3,(H,25,28). The van der Waals surface area contributed by atoms with Crippen molar-refractivity contribution in [3.05, 3.63) is 48.0 Å². The summed E-state index contributed by atoms with van der Waals surface area (Å²) in [5.74, 6) is -0.117. The van der Waals surface area contributed by atoms with Crippen LogP contribution in [-0.4, -0.2) is 44.2 Å². The number of fused-ring (bicyclic) bond motifs is 1. The largest absolute Gasteiger partial charge is 0.378 e. The molecule has 0 atom stereocenters. The molecule has 1 saturated carbocycles. The summed E-state index contributed by atoms with van der Waals surface area (Å²) in [4.78, 5) is 21.8. The first-order valence-electron chi connectivity index (χ1n) is 10.3. The average molecular weight is 393 g/mol. The lowest BCUT2D eigenvalue weighted by Crippen LogP contribution is -2.39. The lowest BCUT2D eigenvalue weighted by Gasteiger charge is -2.29. The zero-order chi connectivity index (χ0) is 20.2. The SMILES string of the molecule is CCCOC1CCC(NC(=O)c2cnn3c(C)cc(-c4cccnc4)nc23)CC1. The molecule has 1 amide bonds. The summed E-state index contributed by atoms with van der Waals surface area (Å²) >= 11 is 0. The maximum absolute atomic E-state index is 13.0.